The highest BCUT2D eigenvalue weighted by atomic mass is 16.1. The zero-order valence-electron chi connectivity index (χ0n) is 6.08. The molecular weight excluding hydrogens is 142 g/mol. The van der Waals surface area contributed by atoms with E-state index < -0.39 is 0 Å². The highest BCUT2D eigenvalue weighted by Crippen LogP contribution is 1.99. The second-order valence-corrected chi connectivity index (χ2v) is 2.11. The van der Waals surface area contributed by atoms with Crippen LogP contribution in [-0.4, -0.2) is 21.2 Å². The Labute approximate surface area is 64.3 Å². The summed E-state index contributed by atoms with van der Waals surface area (Å²) in [7, 11) is 0. The number of nitrogens with one attached hydrogen (secondary N) is 1. The van der Waals surface area contributed by atoms with E-state index in [-0.39, 0.29) is 5.78 Å². The van der Waals surface area contributed by atoms with Gasteiger partial charge in [0.15, 0.2) is 5.78 Å². The number of aromatic amines is 1. The first-order valence-corrected chi connectivity index (χ1v) is 3.34. The fourth-order valence-electron chi connectivity index (χ4n) is 0.697. The van der Waals surface area contributed by atoms with Crippen molar-refractivity contribution >= 4 is 5.78 Å². The van der Waals surface area contributed by atoms with Crippen LogP contribution in [0.4, 0.5) is 0 Å². The lowest BCUT2D eigenvalue weighted by Gasteiger charge is -1.89. The van der Waals surface area contributed by atoms with Gasteiger partial charge in [-0.05, 0) is 6.42 Å². The summed E-state index contributed by atoms with van der Waals surface area (Å²) in [6.07, 6.45) is 4.27. The van der Waals surface area contributed by atoms with Crippen LogP contribution in [0.2, 0.25) is 0 Å². The molecular formula is C7H9N3O. The zero-order chi connectivity index (χ0) is 8.10. The van der Waals surface area contributed by atoms with Gasteiger partial charge in [-0.3, -0.25) is 4.79 Å². The standard InChI is InChI=1S/C7H9N3O/c1-2-3-4-7(11)6-5-8-10-9-6/h2,5H,1,3-4H2,(H,8,9,10). The normalized spacial score (nSPS) is 9.45. The van der Waals surface area contributed by atoms with Crippen molar-refractivity contribution in [2.24, 2.45) is 0 Å². The molecule has 58 valence electrons. The number of nitrogens with zero attached hydrogens (tertiary/aromatic N) is 2. The molecule has 0 aliphatic heterocycles. The van der Waals surface area contributed by atoms with Crippen molar-refractivity contribution in [1.82, 2.24) is 15.4 Å². The monoisotopic (exact) mass is 151 g/mol. The van der Waals surface area contributed by atoms with Gasteiger partial charge in [-0.1, -0.05) is 6.08 Å². The molecule has 0 fully saturated rings. The number of Topliss-reactive ketones (excluding diaryl/α,β-unsaturated/α-hetero) is 1. The molecule has 0 aliphatic rings. The lowest BCUT2D eigenvalue weighted by atomic mass is 10.2. The molecule has 1 rings (SSSR count). The van der Waals surface area contributed by atoms with Crippen molar-refractivity contribution in [1.29, 1.82) is 0 Å². The quantitative estimate of drug-likeness (QED) is 0.515. The van der Waals surface area contributed by atoms with Crippen molar-refractivity contribution < 1.29 is 4.79 Å². The number of aromatic nitrogens is 3. The Morgan fingerprint density at radius 2 is 2.64 bits per heavy atom. The molecule has 0 saturated carbocycles. The maximum absolute atomic E-state index is 11.1. The third kappa shape index (κ3) is 2.00. The fourth-order valence-corrected chi connectivity index (χ4v) is 0.697. The van der Waals surface area contributed by atoms with Crippen LogP contribution in [0.1, 0.15) is 23.3 Å². The molecule has 1 N–H and O–H groups in total. The minimum atomic E-state index is -0.00125. The maximum Gasteiger partial charge on any atom is 0.185 e. The van der Waals surface area contributed by atoms with Crippen LogP contribution in [-0.2, 0) is 0 Å². The van der Waals surface area contributed by atoms with Gasteiger partial charge in [-0.15, -0.1) is 6.58 Å². The molecule has 0 aromatic carbocycles. The Morgan fingerprint density at radius 1 is 1.82 bits per heavy atom. The Hall–Kier alpha value is -1.45. The molecule has 1 aromatic rings. The van der Waals surface area contributed by atoms with Crippen LogP contribution < -0.4 is 0 Å². The number of H-pyrrole nitrogens is 1. The number of rotatable bonds is 4. The molecule has 0 bridgehead atoms. The van der Waals surface area contributed by atoms with Crippen molar-refractivity contribution in [2.75, 3.05) is 0 Å². The Morgan fingerprint density at radius 3 is 3.18 bits per heavy atom. The van der Waals surface area contributed by atoms with Gasteiger partial charge in [0.1, 0.15) is 5.69 Å². The third-order valence-corrected chi connectivity index (χ3v) is 1.28. The number of hydrogen-bond acceptors (Lipinski definition) is 3. The molecule has 4 heteroatoms. The summed E-state index contributed by atoms with van der Waals surface area (Å²) >= 11 is 0. The van der Waals surface area contributed by atoms with Crippen LogP contribution in [0.15, 0.2) is 18.9 Å². The predicted molar refractivity (Wildman–Crippen MR) is 40.1 cm³/mol. The number of allylic oxidation sites excluding steroid dienone is 1. The smallest absolute Gasteiger partial charge is 0.185 e. The van der Waals surface area contributed by atoms with E-state index in [0.29, 0.717) is 18.5 Å². The van der Waals surface area contributed by atoms with Gasteiger partial charge in [0, 0.05) is 6.42 Å². The van der Waals surface area contributed by atoms with Crippen molar-refractivity contribution in [2.45, 2.75) is 12.8 Å². The van der Waals surface area contributed by atoms with E-state index in [0.717, 1.165) is 0 Å². The van der Waals surface area contributed by atoms with Crippen LogP contribution >= 0.6 is 0 Å². The van der Waals surface area contributed by atoms with Crippen LogP contribution in [0.25, 0.3) is 0 Å². The van der Waals surface area contributed by atoms with Gasteiger partial charge in [-0.25, -0.2) is 0 Å². The summed E-state index contributed by atoms with van der Waals surface area (Å²) in [4.78, 5) is 11.1. The highest BCUT2D eigenvalue weighted by molar-refractivity contribution is 5.93. The second-order valence-electron chi connectivity index (χ2n) is 2.11. The van der Waals surface area contributed by atoms with Crippen molar-refractivity contribution in [3.63, 3.8) is 0 Å². The minimum absolute atomic E-state index is 0.00125. The molecule has 1 aromatic heterocycles. The summed E-state index contributed by atoms with van der Waals surface area (Å²) in [5.41, 5.74) is 0.395. The Bertz CT molecular complexity index is 240. The molecule has 0 aliphatic carbocycles. The van der Waals surface area contributed by atoms with Gasteiger partial charge in [0.2, 0.25) is 0 Å². The molecule has 4 nitrogen and oxygen atoms in total. The SMILES string of the molecule is C=CCCC(=O)c1cn[nH]n1. The van der Waals surface area contributed by atoms with Crippen molar-refractivity contribution in [3.05, 3.63) is 24.5 Å². The average Bonchev–Trinajstić information content (AvgIpc) is 2.52. The highest BCUT2D eigenvalue weighted by Gasteiger charge is 2.05. The summed E-state index contributed by atoms with van der Waals surface area (Å²) in [5.74, 6) is -0.00125. The first kappa shape index (κ1) is 7.65. The van der Waals surface area contributed by atoms with E-state index >= 15 is 0 Å². The molecule has 0 radical (unpaired) electrons. The average molecular weight is 151 g/mol. The Balaban J connectivity index is 2.49. The summed E-state index contributed by atoms with van der Waals surface area (Å²) in [6.45, 7) is 3.52. The second kappa shape index (κ2) is 3.65. The zero-order valence-corrected chi connectivity index (χ0v) is 6.08. The van der Waals surface area contributed by atoms with Gasteiger partial charge in [0.25, 0.3) is 0 Å². The van der Waals surface area contributed by atoms with E-state index in [1.165, 1.54) is 6.20 Å². The molecule has 0 amide bonds. The van der Waals surface area contributed by atoms with E-state index in [2.05, 4.69) is 22.0 Å². The molecule has 0 saturated heterocycles. The van der Waals surface area contributed by atoms with E-state index in [4.69, 9.17) is 0 Å². The first-order valence-electron chi connectivity index (χ1n) is 3.34. The maximum atomic E-state index is 11.1. The first-order chi connectivity index (χ1) is 5.34. The molecule has 0 spiro atoms. The molecule has 1 heterocycles. The predicted octanol–water partition coefficient (Wildman–Crippen LogP) is 0.954. The van der Waals surface area contributed by atoms with E-state index in [9.17, 15) is 4.79 Å². The van der Waals surface area contributed by atoms with Crippen LogP contribution in [0.5, 0.6) is 0 Å². The van der Waals surface area contributed by atoms with Gasteiger partial charge in [-0.2, -0.15) is 15.4 Å². The van der Waals surface area contributed by atoms with E-state index in [1.807, 2.05) is 0 Å². The third-order valence-electron chi connectivity index (χ3n) is 1.28. The number of carbonyl (C=O) groups excluding carboxylic acids is 1. The van der Waals surface area contributed by atoms with Crippen LogP contribution in [0, 0.1) is 0 Å². The molecule has 11 heavy (non-hydrogen) atoms. The fraction of sp³-hybridized carbons (Fsp3) is 0.286. The number of carbonyl (C=O) groups is 1. The summed E-state index contributed by atoms with van der Waals surface area (Å²) < 4.78 is 0. The molecule has 0 unspecified atom stereocenters. The lowest BCUT2D eigenvalue weighted by molar-refractivity contribution is 0.0979. The van der Waals surface area contributed by atoms with Gasteiger partial charge in [0.05, 0.1) is 6.20 Å². The van der Waals surface area contributed by atoms with Gasteiger partial charge >= 0.3 is 0 Å². The van der Waals surface area contributed by atoms with Crippen LogP contribution in [0.3, 0.4) is 0 Å². The lowest BCUT2D eigenvalue weighted by Crippen LogP contribution is -1.98. The largest absolute Gasteiger partial charge is 0.292 e. The summed E-state index contributed by atoms with van der Waals surface area (Å²) in [6, 6.07) is 0. The minimum Gasteiger partial charge on any atom is -0.292 e. The topological polar surface area (TPSA) is 58.6 Å². The number of hydrogen-bond donors (Lipinski definition) is 1. The summed E-state index contributed by atoms with van der Waals surface area (Å²) in [5, 5.41) is 9.56. The number of ketones is 1. The van der Waals surface area contributed by atoms with Gasteiger partial charge < -0.3 is 0 Å². The van der Waals surface area contributed by atoms with E-state index in [1.54, 1.807) is 6.08 Å². The Kier molecular flexibility index (Phi) is 2.54. The van der Waals surface area contributed by atoms with Crippen molar-refractivity contribution in [3.8, 4) is 0 Å². The molecule has 0 atom stereocenters.